The number of sulfonamides is 1. The average molecular weight is 305 g/mol. The minimum Gasteiger partial charge on any atom is -0.244 e. The molecule has 0 aromatic carbocycles. The van der Waals surface area contributed by atoms with Crippen LogP contribution in [0.25, 0.3) is 0 Å². The van der Waals surface area contributed by atoms with E-state index in [9.17, 15) is 8.42 Å². The molecular formula is C13H21ClN2O2S. The molecule has 19 heavy (non-hydrogen) atoms. The lowest BCUT2D eigenvalue weighted by molar-refractivity contribution is 0.269. The van der Waals surface area contributed by atoms with Crippen molar-refractivity contribution in [2.75, 3.05) is 0 Å². The Labute approximate surface area is 120 Å². The molecule has 6 heteroatoms. The number of pyridine rings is 1. The van der Waals surface area contributed by atoms with E-state index >= 15 is 0 Å². The first kappa shape index (κ1) is 16.4. The second-order valence-electron chi connectivity index (χ2n) is 6.54. The van der Waals surface area contributed by atoms with Crippen LogP contribution in [0.4, 0.5) is 0 Å². The van der Waals surface area contributed by atoms with Crippen LogP contribution in [-0.2, 0) is 10.0 Å². The highest BCUT2D eigenvalue weighted by Gasteiger charge is 2.30. The molecule has 0 bridgehead atoms. The van der Waals surface area contributed by atoms with Crippen molar-refractivity contribution in [3.8, 4) is 0 Å². The molecule has 0 saturated carbocycles. The molecule has 0 aliphatic carbocycles. The van der Waals surface area contributed by atoms with Gasteiger partial charge in [0.15, 0.2) is 0 Å². The van der Waals surface area contributed by atoms with Gasteiger partial charge in [-0.15, -0.1) is 0 Å². The van der Waals surface area contributed by atoms with E-state index in [-0.39, 0.29) is 15.5 Å². The van der Waals surface area contributed by atoms with Crippen molar-refractivity contribution in [2.45, 2.75) is 51.5 Å². The van der Waals surface area contributed by atoms with Crippen molar-refractivity contribution in [2.24, 2.45) is 5.41 Å². The van der Waals surface area contributed by atoms with Gasteiger partial charge in [-0.2, -0.15) is 0 Å². The third-order valence-electron chi connectivity index (χ3n) is 2.39. The van der Waals surface area contributed by atoms with Crippen LogP contribution in [0.1, 0.15) is 41.0 Å². The molecule has 1 heterocycles. The van der Waals surface area contributed by atoms with Crippen molar-refractivity contribution in [1.29, 1.82) is 0 Å². The van der Waals surface area contributed by atoms with Gasteiger partial charge in [0.2, 0.25) is 10.0 Å². The highest BCUT2D eigenvalue weighted by Crippen LogP contribution is 2.28. The Hall–Kier alpha value is -0.650. The zero-order valence-electron chi connectivity index (χ0n) is 12.0. The van der Waals surface area contributed by atoms with Gasteiger partial charge in [-0.1, -0.05) is 32.4 Å². The summed E-state index contributed by atoms with van der Waals surface area (Å²) in [6.07, 6.45) is 2.10. The lowest BCUT2D eigenvalue weighted by Crippen LogP contribution is -2.45. The van der Waals surface area contributed by atoms with E-state index in [1.165, 1.54) is 18.3 Å². The maximum atomic E-state index is 12.3. The molecule has 0 unspecified atom stereocenters. The topological polar surface area (TPSA) is 59.1 Å². The second-order valence-corrected chi connectivity index (χ2v) is 8.61. The minimum absolute atomic E-state index is 0.0297. The van der Waals surface area contributed by atoms with Crippen LogP contribution in [0.3, 0.4) is 0 Å². The number of halogens is 1. The molecule has 1 aromatic rings. The summed E-state index contributed by atoms with van der Waals surface area (Å²) in [6, 6.07) is 2.78. The summed E-state index contributed by atoms with van der Waals surface area (Å²) in [7, 11) is -3.59. The predicted molar refractivity (Wildman–Crippen MR) is 77.7 cm³/mol. The first-order valence-electron chi connectivity index (χ1n) is 6.07. The SMILES string of the molecule is CC(C)(C)CC(C)(C)NS(=O)(=O)c1ccnc(Cl)c1. The van der Waals surface area contributed by atoms with Crippen molar-refractivity contribution in [3.63, 3.8) is 0 Å². The Morgan fingerprint density at radius 1 is 1.26 bits per heavy atom. The zero-order valence-corrected chi connectivity index (χ0v) is 13.6. The quantitative estimate of drug-likeness (QED) is 0.869. The van der Waals surface area contributed by atoms with E-state index in [1.807, 2.05) is 13.8 Å². The molecule has 0 fully saturated rings. The van der Waals surface area contributed by atoms with Crippen LogP contribution in [0.5, 0.6) is 0 Å². The molecular weight excluding hydrogens is 284 g/mol. The molecule has 0 atom stereocenters. The normalized spacial score (nSPS) is 13.6. The third-order valence-corrected chi connectivity index (χ3v) is 4.29. The van der Waals surface area contributed by atoms with Gasteiger partial charge in [-0.05, 0) is 37.8 Å². The Kier molecular flexibility index (Phi) is 4.65. The molecule has 0 radical (unpaired) electrons. The number of rotatable bonds is 4. The number of nitrogens with one attached hydrogen (secondary N) is 1. The van der Waals surface area contributed by atoms with E-state index in [2.05, 4.69) is 30.5 Å². The van der Waals surface area contributed by atoms with Crippen molar-refractivity contribution < 1.29 is 8.42 Å². The lowest BCUT2D eigenvalue weighted by Gasteiger charge is -2.32. The van der Waals surface area contributed by atoms with Crippen molar-refractivity contribution >= 4 is 21.6 Å². The minimum atomic E-state index is -3.59. The standard InChI is InChI=1S/C13H21ClN2O2S/c1-12(2,3)9-13(4,5)16-19(17,18)10-6-7-15-11(14)8-10/h6-8,16H,9H2,1-5H3. The summed E-state index contributed by atoms with van der Waals surface area (Å²) in [6.45, 7) is 9.97. The van der Waals surface area contributed by atoms with Crippen LogP contribution in [0.2, 0.25) is 5.15 Å². The van der Waals surface area contributed by atoms with Gasteiger partial charge in [0.05, 0.1) is 4.90 Å². The fourth-order valence-corrected chi connectivity index (χ4v) is 4.00. The summed E-state index contributed by atoms with van der Waals surface area (Å²) in [5.74, 6) is 0. The number of nitrogens with zero attached hydrogens (tertiary/aromatic N) is 1. The van der Waals surface area contributed by atoms with Crippen LogP contribution < -0.4 is 4.72 Å². The fourth-order valence-electron chi connectivity index (χ4n) is 2.34. The summed E-state index contributed by atoms with van der Waals surface area (Å²) in [5, 5.41) is 0.163. The smallest absolute Gasteiger partial charge is 0.241 e. The summed E-state index contributed by atoms with van der Waals surface area (Å²) < 4.78 is 27.3. The Balaban J connectivity index is 2.97. The van der Waals surface area contributed by atoms with Crippen LogP contribution in [-0.4, -0.2) is 18.9 Å². The van der Waals surface area contributed by atoms with Crippen LogP contribution >= 0.6 is 11.6 Å². The molecule has 0 aliphatic rings. The first-order chi connectivity index (χ1) is 8.41. The molecule has 1 rings (SSSR count). The summed E-state index contributed by atoms with van der Waals surface area (Å²) >= 11 is 5.73. The number of aromatic nitrogens is 1. The molecule has 1 N–H and O–H groups in total. The Morgan fingerprint density at radius 2 is 1.84 bits per heavy atom. The first-order valence-corrected chi connectivity index (χ1v) is 7.93. The van der Waals surface area contributed by atoms with E-state index in [0.717, 1.165) is 6.42 Å². The molecule has 0 saturated heterocycles. The number of hydrogen-bond acceptors (Lipinski definition) is 3. The molecule has 1 aromatic heterocycles. The number of hydrogen-bond donors (Lipinski definition) is 1. The van der Waals surface area contributed by atoms with Gasteiger partial charge in [0.25, 0.3) is 0 Å². The predicted octanol–water partition coefficient (Wildman–Crippen LogP) is 3.23. The summed E-state index contributed by atoms with van der Waals surface area (Å²) in [5.41, 5.74) is -0.505. The maximum absolute atomic E-state index is 12.3. The van der Waals surface area contributed by atoms with Gasteiger partial charge >= 0.3 is 0 Å². The van der Waals surface area contributed by atoms with Gasteiger partial charge in [0, 0.05) is 11.7 Å². The average Bonchev–Trinajstić information content (AvgIpc) is 2.11. The maximum Gasteiger partial charge on any atom is 0.241 e. The molecule has 0 aliphatic heterocycles. The Morgan fingerprint density at radius 3 is 2.32 bits per heavy atom. The van der Waals surface area contributed by atoms with Crippen molar-refractivity contribution in [3.05, 3.63) is 23.5 Å². The highest BCUT2D eigenvalue weighted by atomic mass is 35.5. The molecule has 0 spiro atoms. The zero-order chi connectivity index (χ0) is 14.9. The highest BCUT2D eigenvalue weighted by molar-refractivity contribution is 7.89. The summed E-state index contributed by atoms with van der Waals surface area (Å²) in [4.78, 5) is 3.92. The fraction of sp³-hybridized carbons (Fsp3) is 0.615. The van der Waals surface area contributed by atoms with Crippen LogP contribution in [0.15, 0.2) is 23.2 Å². The van der Waals surface area contributed by atoms with Gasteiger partial charge < -0.3 is 0 Å². The monoisotopic (exact) mass is 304 g/mol. The van der Waals surface area contributed by atoms with E-state index in [0.29, 0.717) is 0 Å². The molecule has 0 amide bonds. The third kappa shape index (κ3) is 5.47. The van der Waals surface area contributed by atoms with E-state index < -0.39 is 15.6 Å². The van der Waals surface area contributed by atoms with Crippen LogP contribution in [0, 0.1) is 5.41 Å². The van der Waals surface area contributed by atoms with Gasteiger partial charge in [-0.3, -0.25) is 0 Å². The lowest BCUT2D eigenvalue weighted by atomic mass is 9.82. The Bertz CT molecular complexity index is 548. The van der Waals surface area contributed by atoms with Gasteiger partial charge in [-0.25, -0.2) is 18.1 Å². The molecule has 108 valence electrons. The molecule has 4 nitrogen and oxygen atoms in total. The second kappa shape index (κ2) is 5.38. The van der Waals surface area contributed by atoms with E-state index in [1.54, 1.807) is 0 Å². The van der Waals surface area contributed by atoms with Gasteiger partial charge in [0.1, 0.15) is 5.15 Å². The van der Waals surface area contributed by atoms with Crippen molar-refractivity contribution in [1.82, 2.24) is 9.71 Å². The largest absolute Gasteiger partial charge is 0.244 e. The van der Waals surface area contributed by atoms with E-state index in [4.69, 9.17) is 11.6 Å².